The summed E-state index contributed by atoms with van der Waals surface area (Å²) in [4.78, 5) is 30.9. The van der Waals surface area contributed by atoms with Gasteiger partial charge in [0, 0.05) is 49.7 Å². The van der Waals surface area contributed by atoms with E-state index in [9.17, 15) is 9.59 Å². The molecule has 0 aromatic heterocycles. The van der Waals surface area contributed by atoms with E-state index in [1.165, 1.54) is 9.80 Å². The molecule has 4 rings (SSSR count). The highest BCUT2D eigenvalue weighted by Gasteiger charge is 2.34. The number of thiol groups is 1. The first-order valence-corrected chi connectivity index (χ1v) is 14.4. The molecule has 1 aliphatic rings. The van der Waals surface area contributed by atoms with Gasteiger partial charge in [0.1, 0.15) is 0 Å². The highest BCUT2D eigenvalue weighted by molar-refractivity contribution is 8.18. The maximum Gasteiger partial charge on any atom is 0.321 e. The van der Waals surface area contributed by atoms with Crippen molar-refractivity contribution in [3.05, 3.63) is 94.5 Å². The Morgan fingerprint density at radius 2 is 1.69 bits per heavy atom. The molecule has 0 saturated carbocycles. The molecule has 0 atom stereocenters. The topological polar surface area (TPSA) is 116 Å². The molecule has 3 aromatic carbocycles. The zero-order valence-corrected chi connectivity index (χ0v) is 26.0. The van der Waals surface area contributed by atoms with Gasteiger partial charge in [-0.05, 0) is 73.6 Å². The smallest absolute Gasteiger partial charge is 0.321 e. The van der Waals surface area contributed by atoms with E-state index < -0.39 is 0 Å². The van der Waals surface area contributed by atoms with Gasteiger partial charge in [0.2, 0.25) is 0 Å². The summed E-state index contributed by atoms with van der Waals surface area (Å²) in [6, 6.07) is 24.3. The van der Waals surface area contributed by atoms with Crippen molar-refractivity contribution in [3.63, 3.8) is 0 Å². The van der Waals surface area contributed by atoms with Crippen LogP contribution in [0.25, 0.3) is 0 Å². The van der Waals surface area contributed by atoms with E-state index in [0.29, 0.717) is 27.6 Å². The van der Waals surface area contributed by atoms with Crippen LogP contribution in [0.2, 0.25) is 0 Å². The predicted octanol–water partition coefficient (Wildman–Crippen LogP) is 6.44. The van der Waals surface area contributed by atoms with Gasteiger partial charge in [0.25, 0.3) is 5.91 Å². The third kappa shape index (κ3) is 8.31. The molecular weight excluding hydrogens is 567 g/mol. The van der Waals surface area contributed by atoms with Gasteiger partial charge in [-0.1, -0.05) is 30.3 Å². The van der Waals surface area contributed by atoms with Crippen molar-refractivity contribution in [3.8, 4) is 6.07 Å². The molecule has 42 heavy (non-hydrogen) atoms. The number of urea groups is 1. The molecule has 3 N–H and O–H groups in total. The molecular formula is C31H35N7O2S2. The Kier molecular flexibility index (Phi) is 11.5. The molecule has 3 aromatic rings. The Balaban J connectivity index is 0.000000369. The summed E-state index contributed by atoms with van der Waals surface area (Å²) in [5, 5.41) is 22.9. The Bertz CT molecular complexity index is 1500. The van der Waals surface area contributed by atoms with Gasteiger partial charge in [-0.25, -0.2) is 4.79 Å². The van der Waals surface area contributed by atoms with Crippen molar-refractivity contribution in [1.82, 2.24) is 9.80 Å². The van der Waals surface area contributed by atoms with Crippen LogP contribution in [0.5, 0.6) is 0 Å². The van der Waals surface area contributed by atoms with Crippen molar-refractivity contribution in [1.29, 1.82) is 10.7 Å². The first kappa shape index (κ1) is 32.1. The fraction of sp³-hybridized carbons (Fsp3) is 0.226. The quantitative estimate of drug-likeness (QED) is 0.183. The molecule has 0 radical (unpaired) electrons. The van der Waals surface area contributed by atoms with Crippen molar-refractivity contribution in [2.24, 2.45) is 0 Å². The first-order chi connectivity index (χ1) is 20.0. The third-order valence-electron chi connectivity index (χ3n) is 6.29. The molecule has 1 saturated heterocycles. The number of nitrogens with one attached hydrogen (secondary N) is 3. The number of hydrogen-bond donors (Lipinski definition) is 4. The molecule has 11 heteroatoms. The molecule has 0 bridgehead atoms. The molecule has 1 aliphatic heterocycles. The van der Waals surface area contributed by atoms with Gasteiger partial charge in [0.05, 0.1) is 28.8 Å². The molecule has 1 heterocycles. The average molecular weight is 602 g/mol. The summed E-state index contributed by atoms with van der Waals surface area (Å²) in [6.07, 6.45) is 0. The summed E-state index contributed by atoms with van der Waals surface area (Å²) in [5.41, 5.74) is 4.89. The number of allylic oxidation sites excluding steroid dienone is 1. The fourth-order valence-corrected chi connectivity index (χ4v) is 5.17. The van der Waals surface area contributed by atoms with E-state index in [1.807, 2.05) is 74.3 Å². The second kappa shape index (κ2) is 15.0. The SMILES string of the molecule is C/C(=C1\SC(=N)N(Cc2ccccc2)C1=O)N(C)c1ccc(NC(=O)N(C)C)cc1S.CCNc1ccc(C#N)cc1. The summed E-state index contributed by atoms with van der Waals surface area (Å²) >= 11 is 5.73. The number of anilines is 3. The fourth-order valence-electron chi connectivity index (χ4n) is 3.87. The van der Waals surface area contributed by atoms with Gasteiger partial charge in [-0.15, -0.1) is 12.6 Å². The summed E-state index contributed by atoms with van der Waals surface area (Å²) in [6.45, 7) is 5.17. The normalized spacial score (nSPS) is 13.5. The number of nitriles is 1. The minimum atomic E-state index is -0.225. The highest BCUT2D eigenvalue weighted by atomic mass is 32.2. The maximum absolute atomic E-state index is 13.0. The van der Waals surface area contributed by atoms with Crippen molar-refractivity contribution in [2.75, 3.05) is 43.2 Å². The van der Waals surface area contributed by atoms with E-state index in [-0.39, 0.29) is 17.1 Å². The number of carbonyl (C=O) groups is 2. The van der Waals surface area contributed by atoms with Crippen molar-refractivity contribution < 1.29 is 9.59 Å². The van der Waals surface area contributed by atoms with E-state index in [0.717, 1.165) is 40.9 Å². The summed E-state index contributed by atoms with van der Waals surface area (Å²) in [7, 11) is 5.19. The molecule has 0 unspecified atom stereocenters. The lowest BCUT2D eigenvalue weighted by Crippen LogP contribution is -2.29. The molecule has 9 nitrogen and oxygen atoms in total. The molecule has 1 fully saturated rings. The number of amides is 3. The molecule has 218 valence electrons. The number of amidine groups is 1. The number of benzene rings is 3. The van der Waals surface area contributed by atoms with Crippen LogP contribution in [-0.2, 0) is 11.3 Å². The van der Waals surface area contributed by atoms with Crippen LogP contribution in [0.4, 0.5) is 21.9 Å². The van der Waals surface area contributed by atoms with Crippen molar-refractivity contribution >= 4 is 58.6 Å². The van der Waals surface area contributed by atoms with Gasteiger partial charge < -0.3 is 20.4 Å². The van der Waals surface area contributed by atoms with Gasteiger partial charge >= 0.3 is 6.03 Å². The van der Waals surface area contributed by atoms with E-state index in [1.54, 1.807) is 38.4 Å². The number of hydrogen-bond acceptors (Lipinski definition) is 8. The second-order valence-electron chi connectivity index (χ2n) is 9.51. The van der Waals surface area contributed by atoms with Crippen LogP contribution in [0.3, 0.4) is 0 Å². The van der Waals surface area contributed by atoms with Crippen LogP contribution in [0.1, 0.15) is 25.0 Å². The minimum Gasteiger partial charge on any atom is -0.385 e. The molecule has 0 aliphatic carbocycles. The lowest BCUT2D eigenvalue weighted by molar-refractivity contribution is -0.122. The Morgan fingerprint density at radius 3 is 2.26 bits per heavy atom. The standard InChI is InChI=1S/C22H25N5O2S2.C9H10N2/c1-14(19-20(28)27(21(23)31-19)13-15-8-6-5-7-9-15)26(4)17-11-10-16(12-18(17)30)24-22(29)25(2)3;1-2-11-9-5-3-8(7-10)4-6-9/h5-12,23,30H,13H2,1-4H3,(H,24,29);3-6,11H,2H2,1H3/b19-14+,23-21?;. The van der Waals surface area contributed by atoms with Crippen LogP contribution >= 0.6 is 24.4 Å². The van der Waals surface area contributed by atoms with Crippen LogP contribution in [0.15, 0.2) is 88.3 Å². The molecule has 0 spiro atoms. The zero-order chi connectivity index (χ0) is 30.8. The van der Waals surface area contributed by atoms with Crippen molar-refractivity contribution in [2.45, 2.75) is 25.3 Å². The number of nitrogens with zero attached hydrogens (tertiary/aromatic N) is 4. The lowest BCUT2D eigenvalue weighted by Gasteiger charge is -2.23. The maximum atomic E-state index is 13.0. The monoisotopic (exact) mass is 601 g/mol. The van der Waals surface area contributed by atoms with E-state index in [2.05, 4.69) is 29.3 Å². The van der Waals surface area contributed by atoms with E-state index in [4.69, 9.17) is 10.7 Å². The minimum absolute atomic E-state index is 0.182. The highest BCUT2D eigenvalue weighted by Crippen LogP contribution is 2.37. The van der Waals surface area contributed by atoms with Gasteiger partial charge in [0.15, 0.2) is 5.17 Å². The number of carbonyl (C=O) groups excluding carboxylic acids is 2. The van der Waals surface area contributed by atoms with Gasteiger partial charge in [-0.2, -0.15) is 5.26 Å². The van der Waals surface area contributed by atoms with Crippen LogP contribution in [0, 0.1) is 16.7 Å². The van der Waals surface area contributed by atoms with Crippen LogP contribution in [-0.4, -0.2) is 54.6 Å². The summed E-state index contributed by atoms with van der Waals surface area (Å²) < 4.78 is 0. The average Bonchev–Trinajstić information content (AvgIpc) is 3.26. The predicted molar refractivity (Wildman–Crippen MR) is 175 cm³/mol. The van der Waals surface area contributed by atoms with Crippen LogP contribution < -0.4 is 15.5 Å². The Morgan fingerprint density at radius 1 is 1.05 bits per heavy atom. The largest absolute Gasteiger partial charge is 0.385 e. The lowest BCUT2D eigenvalue weighted by atomic mass is 10.2. The summed E-state index contributed by atoms with van der Waals surface area (Å²) in [5.74, 6) is -0.182. The first-order valence-electron chi connectivity index (χ1n) is 13.2. The second-order valence-corrected chi connectivity index (χ2v) is 11.0. The number of rotatable bonds is 7. The Hall–Kier alpha value is -4.40. The Labute approximate surface area is 257 Å². The third-order valence-corrected chi connectivity index (χ3v) is 7.73. The van der Waals surface area contributed by atoms with Gasteiger partial charge in [-0.3, -0.25) is 15.1 Å². The molecule has 3 amide bonds. The number of thioether (sulfide) groups is 1. The zero-order valence-electron chi connectivity index (χ0n) is 24.3. The van der Waals surface area contributed by atoms with E-state index >= 15 is 0 Å².